The Hall–Kier alpha value is -3.19. The number of rotatable bonds is 10. The Morgan fingerprint density at radius 1 is 1.09 bits per heavy atom. The van der Waals surface area contributed by atoms with Gasteiger partial charge in [-0.2, -0.15) is 0 Å². The molecule has 0 aliphatic carbocycles. The van der Waals surface area contributed by atoms with E-state index < -0.39 is 6.09 Å². The predicted octanol–water partition coefficient (Wildman–Crippen LogP) is 7.31. The second-order valence-electron chi connectivity index (χ2n) is 12.4. The number of piperidine rings is 1. The number of hydrogen-bond acceptors (Lipinski definition) is 7. The predicted molar refractivity (Wildman–Crippen MR) is 181 cm³/mol. The van der Waals surface area contributed by atoms with Crippen LogP contribution in [0.25, 0.3) is 11.1 Å². The summed E-state index contributed by atoms with van der Waals surface area (Å²) in [5, 5.41) is 6.09. The molecule has 2 bridgehead atoms. The number of aldehydes is 1. The molecule has 3 heterocycles. The Labute approximate surface area is 281 Å². The monoisotopic (exact) mass is 743 g/mol. The fourth-order valence-corrected chi connectivity index (χ4v) is 8.71. The molecule has 6 rings (SSSR count). The molecule has 3 aliphatic heterocycles. The quantitative estimate of drug-likeness (QED) is 0.0971. The Morgan fingerprint density at radius 2 is 1.87 bits per heavy atom. The van der Waals surface area contributed by atoms with Crippen molar-refractivity contribution in [2.75, 3.05) is 17.7 Å². The summed E-state index contributed by atoms with van der Waals surface area (Å²) in [6.45, 7) is 4.42. The highest BCUT2D eigenvalue weighted by molar-refractivity contribution is 14.1. The van der Waals surface area contributed by atoms with Crippen LogP contribution in [-0.2, 0) is 20.7 Å². The lowest BCUT2D eigenvalue weighted by molar-refractivity contribution is -0.116. The van der Waals surface area contributed by atoms with E-state index in [2.05, 4.69) is 50.5 Å². The van der Waals surface area contributed by atoms with E-state index in [1.165, 1.54) is 19.2 Å². The molecule has 0 spiro atoms. The van der Waals surface area contributed by atoms with Crippen LogP contribution in [-0.4, -0.2) is 58.9 Å². The molecule has 5 unspecified atom stereocenters. The number of aryl methyl sites for hydroxylation is 1. The number of ether oxygens (including phenoxy) is 3. The minimum absolute atomic E-state index is 0.0453. The molecule has 3 aromatic rings. The highest BCUT2D eigenvalue weighted by Crippen LogP contribution is 2.57. The summed E-state index contributed by atoms with van der Waals surface area (Å²) in [4.78, 5) is 37.4. The first-order valence-electron chi connectivity index (χ1n) is 15.0. The van der Waals surface area contributed by atoms with Gasteiger partial charge in [0.25, 0.3) is 0 Å². The minimum Gasteiger partial charge on any atom is -0.496 e. The molecule has 9 nitrogen and oxygen atoms in total. The number of hydrogen-bond donors (Lipinski definition) is 2. The van der Waals surface area contributed by atoms with Crippen molar-refractivity contribution >= 4 is 64.1 Å². The van der Waals surface area contributed by atoms with Crippen LogP contribution in [0.1, 0.15) is 49.0 Å². The molecule has 3 aliphatic rings. The lowest BCUT2D eigenvalue weighted by Crippen LogP contribution is -2.56. The average molecular weight is 744 g/mol. The number of carbonyl (C=O) groups is 3. The zero-order chi connectivity index (χ0) is 31.9. The van der Waals surface area contributed by atoms with Crippen molar-refractivity contribution in [3.63, 3.8) is 0 Å². The molecule has 2 amide bonds. The van der Waals surface area contributed by atoms with E-state index in [-0.39, 0.29) is 47.1 Å². The van der Waals surface area contributed by atoms with Gasteiger partial charge in [-0.25, -0.2) is 7.91 Å². The first kappa shape index (κ1) is 31.8. The molecule has 236 valence electrons. The minimum atomic E-state index is -0.496. The molecule has 0 aromatic heterocycles. The van der Waals surface area contributed by atoms with E-state index >= 15 is 0 Å². The summed E-state index contributed by atoms with van der Waals surface area (Å²) in [5.74, 6) is 0.120. The lowest BCUT2D eigenvalue weighted by Gasteiger charge is -2.46. The number of amides is 2. The van der Waals surface area contributed by atoms with Crippen LogP contribution in [0.2, 0.25) is 5.02 Å². The van der Waals surface area contributed by atoms with E-state index in [1.807, 2.05) is 48.5 Å². The fraction of sp³-hybridized carbons (Fsp3) is 0.382. The van der Waals surface area contributed by atoms with E-state index in [1.54, 1.807) is 0 Å². The van der Waals surface area contributed by atoms with Crippen molar-refractivity contribution in [3.05, 3.63) is 76.8 Å². The smallest absolute Gasteiger partial charge is 0.411 e. The fourth-order valence-electron chi connectivity index (χ4n) is 6.75. The summed E-state index contributed by atoms with van der Waals surface area (Å²) in [7, 11) is 1.45. The molecule has 45 heavy (non-hydrogen) atoms. The standard InChI is InChI=1S/C34H35ClIN3O6/c1-34(2)17-27(29-30-31(45-30)32(34)39(29)36)44-33(42)38-24-14-19(12-13-22(24)20-9-5-4-6-10-20)8-7-11-28(41)37-25-16-26(43-3)21(18-40)15-23(25)35/h4-6,9-10,12-16,18,27,29-32H,7-8,11,17H2,1-3H3,(H,37,41)(H,38,42). The van der Waals surface area contributed by atoms with Gasteiger partial charge in [0.15, 0.2) is 6.29 Å². The molecular weight excluding hydrogens is 709 g/mol. The molecule has 5 atom stereocenters. The third-order valence-corrected chi connectivity index (χ3v) is 10.5. The molecule has 3 saturated heterocycles. The van der Waals surface area contributed by atoms with Crippen LogP contribution >= 0.6 is 34.5 Å². The second-order valence-corrected chi connectivity index (χ2v) is 14.0. The van der Waals surface area contributed by atoms with E-state index in [0.29, 0.717) is 47.9 Å². The van der Waals surface area contributed by atoms with Gasteiger partial charge in [-0.1, -0.05) is 67.9 Å². The van der Waals surface area contributed by atoms with Gasteiger partial charge in [-0.3, -0.25) is 14.9 Å². The first-order valence-corrected chi connectivity index (χ1v) is 16.3. The number of halogens is 2. The normalized spacial score (nSPS) is 24.3. The summed E-state index contributed by atoms with van der Waals surface area (Å²) in [5.41, 5.74) is 4.10. The average Bonchev–Trinajstić information content (AvgIpc) is 3.71. The van der Waals surface area contributed by atoms with Crippen LogP contribution < -0.4 is 15.4 Å². The maximum absolute atomic E-state index is 13.4. The maximum Gasteiger partial charge on any atom is 0.411 e. The topological polar surface area (TPSA) is 110 Å². The molecule has 2 N–H and O–H groups in total. The Morgan fingerprint density at radius 3 is 2.60 bits per heavy atom. The Bertz CT molecular complexity index is 1620. The number of benzene rings is 3. The van der Waals surface area contributed by atoms with Gasteiger partial charge in [0.05, 0.1) is 41.2 Å². The summed E-state index contributed by atoms with van der Waals surface area (Å²) in [6, 6.07) is 19.2. The van der Waals surface area contributed by atoms with Gasteiger partial charge >= 0.3 is 6.09 Å². The van der Waals surface area contributed by atoms with Crippen molar-refractivity contribution < 1.29 is 28.6 Å². The van der Waals surface area contributed by atoms with Crippen molar-refractivity contribution in [1.29, 1.82) is 0 Å². The second kappa shape index (κ2) is 12.9. The largest absolute Gasteiger partial charge is 0.496 e. The Balaban J connectivity index is 1.12. The maximum atomic E-state index is 13.4. The number of fused-ring (bicyclic) bond motifs is 5. The van der Waals surface area contributed by atoms with Gasteiger partial charge in [0.1, 0.15) is 24.1 Å². The highest BCUT2D eigenvalue weighted by atomic mass is 127. The van der Waals surface area contributed by atoms with Crippen LogP contribution in [0.15, 0.2) is 60.7 Å². The number of epoxide rings is 1. The van der Waals surface area contributed by atoms with Crippen LogP contribution in [0, 0.1) is 5.41 Å². The number of carbonyl (C=O) groups excluding carboxylic acids is 3. The van der Waals surface area contributed by atoms with Gasteiger partial charge in [0.2, 0.25) is 5.91 Å². The van der Waals surface area contributed by atoms with E-state index in [0.717, 1.165) is 23.1 Å². The number of morpholine rings is 1. The van der Waals surface area contributed by atoms with Crippen LogP contribution in [0.3, 0.4) is 0 Å². The van der Waals surface area contributed by atoms with Crippen molar-refractivity contribution in [3.8, 4) is 16.9 Å². The van der Waals surface area contributed by atoms with Crippen molar-refractivity contribution in [2.45, 2.75) is 69.9 Å². The summed E-state index contributed by atoms with van der Waals surface area (Å²) >= 11 is 8.63. The third-order valence-electron chi connectivity index (χ3n) is 8.92. The number of anilines is 2. The molecule has 3 fully saturated rings. The third kappa shape index (κ3) is 6.56. The van der Waals surface area contributed by atoms with Gasteiger partial charge in [0, 0.05) is 40.9 Å². The van der Waals surface area contributed by atoms with Crippen LogP contribution in [0.5, 0.6) is 5.75 Å². The number of nitrogens with one attached hydrogen (secondary N) is 2. The van der Waals surface area contributed by atoms with E-state index in [4.69, 9.17) is 25.8 Å². The van der Waals surface area contributed by atoms with E-state index in [9.17, 15) is 14.4 Å². The molecular formula is C34H35ClIN3O6. The molecule has 0 saturated carbocycles. The first-order chi connectivity index (χ1) is 21.6. The Kier molecular flexibility index (Phi) is 9.11. The molecule has 0 radical (unpaired) electrons. The molecule has 3 aromatic carbocycles. The van der Waals surface area contributed by atoms with Gasteiger partial charge in [-0.15, -0.1) is 0 Å². The van der Waals surface area contributed by atoms with Gasteiger partial charge in [-0.05, 0) is 47.9 Å². The zero-order valence-electron chi connectivity index (χ0n) is 25.2. The summed E-state index contributed by atoms with van der Waals surface area (Å²) < 4.78 is 19.6. The lowest BCUT2D eigenvalue weighted by atomic mass is 9.77. The summed E-state index contributed by atoms with van der Waals surface area (Å²) in [6.07, 6.45) is 2.39. The number of nitrogens with zero attached hydrogens (tertiary/aromatic N) is 1. The van der Waals surface area contributed by atoms with Crippen LogP contribution in [0.4, 0.5) is 16.2 Å². The molecule has 11 heteroatoms. The number of methoxy groups -OCH3 is 1. The van der Waals surface area contributed by atoms with Gasteiger partial charge < -0.3 is 19.5 Å². The zero-order valence-corrected chi connectivity index (χ0v) is 28.1. The SMILES string of the molecule is COc1cc(NC(=O)CCCc2ccc(-c3ccccc3)c(NC(=O)OC3CC(C)(C)C4C5OC5C3N4I)c2)c(Cl)cc1C=O. The van der Waals surface area contributed by atoms with Crippen molar-refractivity contribution in [2.24, 2.45) is 5.41 Å². The highest BCUT2D eigenvalue weighted by Gasteiger charge is 2.70. The van der Waals surface area contributed by atoms with Crippen molar-refractivity contribution in [1.82, 2.24) is 3.11 Å².